The van der Waals surface area contributed by atoms with E-state index in [9.17, 15) is 9.18 Å². The summed E-state index contributed by atoms with van der Waals surface area (Å²) in [6, 6.07) is 9.67. The minimum Gasteiger partial charge on any atom is -0.325 e. The van der Waals surface area contributed by atoms with Gasteiger partial charge in [-0.1, -0.05) is 17.8 Å². The van der Waals surface area contributed by atoms with Gasteiger partial charge in [0.15, 0.2) is 11.0 Å². The first-order valence-electron chi connectivity index (χ1n) is 7.78. The number of amides is 1. The molecule has 0 fully saturated rings. The van der Waals surface area contributed by atoms with E-state index in [-0.39, 0.29) is 17.0 Å². The largest absolute Gasteiger partial charge is 0.325 e. The number of anilines is 1. The van der Waals surface area contributed by atoms with Crippen LogP contribution in [-0.4, -0.2) is 25.9 Å². The summed E-state index contributed by atoms with van der Waals surface area (Å²) in [5, 5.41) is 13.6. The second-order valence-electron chi connectivity index (χ2n) is 5.28. The van der Waals surface area contributed by atoms with Crippen LogP contribution in [0.15, 0.2) is 46.9 Å². The molecule has 2 aromatic heterocycles. The van der Waals surface area contributed by atoms with E-state index in [1.165, 1.54) is 36.0 Å². The zero-order chi connectivity index (χ0) is 17.8. The van der Waals surface area contributed by atoms with Gasteiger partial charge < -0.3 is 9.88 Å². The molecule has 3 rings (SSSR count). The van der Waals surface area contributed by atoms with Crippen LogP contribution in [0.2, 0.25) is 0 Å². The van der Waals surface area contributed by atoms with Crippen LogP contribution in [0, 0.1) is 5.82 Å². The number of carbonyl (C=O) groups excluding carboxylic acids is 1. The number of hydrogen-bond acceptors (Lipinski definition) is 5. The molecule has 130 valence electrons. The molecule has 0 saturated carbocycles. The summed E-state index contributed by atoms with van der Waals surface area (Å²) in [6.45, 7) is 4.55. The average molecular weight is 376 g/mol. The second-order valence-corrected chi connectivity index (χ2v) is 7.54. The summed E-state index contributed by atoms with van der Waals surface area (Å²) in [4.78, 5) is 13.4. The molecule has 0 aliphatic heterocycles. The number of thioether (sulfide) groups is 1. The number of hydrogen-bond donors (Lipinski definition) is 1. The number of benzene rings is 1. The lowest BCUT2D eigenvalue weighted by Crippen LogP contribution is -2.22. The van der Waals surface area contributed by atoms with Crippen molar-refractivity contribution in [2.24, 2.45) is 0 Å². The Bertz CT molecular complexity index is 846. The standard InChI is InChI=1S/C17H17FN4OS2/c1-3-22-15(14-5-4-10-24-14)20-21-17(22)25-11(2)16(23)19-13-8-6-12(18)7-9-13/h4-11H,3H2,1-2H3,(H,19,23)/t11-/m1/s1. The Labute approximate surface area is 153 Å². The minimum absolute atomic E-state index is 0.167. The number of thiophene rings is 1. The van der Waals surface area contributed by atoms with Gasteiger partial charge in [0.05, 0.1) is 10.1 Å². The van der Waals surface area contributed by atoms with Crippen molar-refractivity contribution in [1.82, 2.24) is 14.8 Å². The predicted octanol–water partition coefficient (Wildman–Crippen LogP) is 4.28. The fourth-order valence-electron chi connectivity index (χ4n) is 2.24. The van der Waals surface area contributed by atoms with Gasteiger partial charge in [0.25, 0.3) is 0 Å². The van der Waals surface area contributed by atoms with E-state index in [4.69, 9.17) is 0 Å². The van der Waals surface area contributed by atoms with Crippen LogP contribution < -0.4 is 5.32 Å². The van der Waals surface area contributed by atoms with Gasteiger partial charge in [-0.05, 0) is 49.6 Å². The molecule has 1 N–H and O–H groups in total. The van der Waals surface area contributed by atoms with E-state index in [1.807, 2.05) is 35.9 Å². The van der Waals surface area contributed by atoms with E-state index in [0.717, 1.165) is 17.2 Å². The van der Waals surface area contributed by atoms with Crippen LogP contribution in [0.25, 0.3) is 10.7 Å². The first-order chi connectivity index (χ1) is 12.1. The van der Waals surface area contributed by atoms with Crippen molar-refractivity contribution < 1.29 is 9.18 Å². The van der Waals surface area contributed by atoms with E-state index in [0.29, 0.717) is 10.8 Å². The van der Waals surface area contributed by atoms with Crippen LogP contribution in [0.1, 0.15) is 13.8 Å². The molecule has 0 saturated heterocycles. The zero-order valence-electron chi connectivity index (χ0n) is 13.8. The molecule has 0 aliphatic rings. The van der Waals surface area contributed by atoms with Gasteiger partial charge in [-0.15, -0.1) is 21.5 Å². The monoisotopic (exact) mass is 376 g/mol. The molecule has 3 aromatic rings. The molecule has 25 heavy (non-hydrogen) atoms. The number of aromatic nitrogens is 3. The van der Waals surface area contributed by atoms with Crippen molar-refractivity contribution in [3.8, 4) is 10.7 Å². The molecule has 8 heteroatoms. The molecule has 2 heterocycles. The average Bonchev–Trinajstić information content (AvgIpc) is 3.25. The maximum atomic E-state index is 12.9. The molecule has 0 aliphatic carbocycles. The fraction of sp³-hybridized carbons (Fsp3) is 0.235. The smallest absolute Gasteiger partial charge is 0.237 e. The molecule has 0 bridgehead atoms. The summed E-state index contributed by atoms with van der Waals surface area (Å²) in [7, 11) is 0. The zero-order valence-corrected chi connectivity index (χ0v) is 15.4. The quantitative estimate of drug-likeness (QED) is 0.652. The number of rotatable bonds is 6. The van der Waals surface area contributed by atoms with Crippen LogP contribution >= 0.6 is 23.1 Å². The highest BCUT2D eigenvalue weighted by Gasteiger charge is 2.20. The van der Waals surface area contributed by atoms with Crippen molar-refractivity contribution >= 4 is 34.7 Å². The van der Waals surface area contributed by atoms with E-state index >= 15 is 0 Å². The summed E-state index contributed by atoms with van der Waals surface area (Å²) >= 11 is 2.96. The van der Waals surface area contributed by atoms with Crippen molar-refractivity contribution in [3.05, 3.63) is 47.6 Å². The Hall–Kier alpha value is -2.19. The van der Waals surface area contributed by atoms with E-state index in [2.05, 4.69) is 15.5 Å². The van der Waals surface area contributed by atoms with Crippen LogP contribution in [0.3, 0.4) is 0 Å². The Kier molecular flexibility index (Phi) is 5.50. The summed E-state index contributed by atoms with van der Waals surface area (Å²) in [6.07, 6.45) is 0. The maximum Gasteiger partial charge on any atom is 0.237 e. The molecular weight excluding hydrogens is 359 g/mol. The van der Waals surface area contributed by atoms with Crippen molar-refractivity contribution in [2.75, 3.05) is 5.32 Å². The Morgan fingerprint density at radius 1 is 1.32 bits per heavy atom. The highest BCUT2D eigenvalue weighted by molar-refractivity contribution is 8.00. The third kappa shape index (κ3) is 4.08. The van der Waals surface area contributed by atoms with Crippen molar-refractivity contribution in [2.45, 2.75) is 30.8 Å². The molecule has 1 amide bonds. The van der Waals surface area contributed by atoms with Crippen molar-refractivity contribution in [1.29, 1.82) is 0 Å². The van der Waals surface area contributed by atoms with E-state index in [1.54, 1.807) is 11.3 Å². The second kappa shape index (κ2) is 7.79. The van der Waals surface area contributed by atoms with Gasteiger partial charge in [-0.2, -0.15) is 0 Å². The molecule has 1 aromatic carbocycles. The van der Waals surface area contributed by atoms with Gasteiger partial charge in [0.1, 0.15) is 5.82 Å². The molecule has 1 atom stereocenters. The summed E-state index contributed by atoms with van der Waals surface area (Å²) in [5.74, 6) is 0.309. The van der Waals surface area contributed by atoms with Crippen LogP contribution in [-0.2, 0) is 11.3 Å². The Morgan fingerprint density at radius 3 is 2.72 bits per heavy atom. The lowest BCUT2D eigenvalue weighted by Gasteiger charge is -2.12. The Balaban J connectivity index is 1.71. The molecular formula is C17H17FN4OS2. The third-order valence-electron chi connectivity index (χ3n) is 3.54. The maximum absolute atomic E-state index is 12.9. The first-order valence-corrected chi connectivity index (χ1v) is 9.54. The van der Waals surface area contributed by atoms with Gasteiger partial charge in [-0.3, -0.25) is 4.79 Å². The van der Waals surface area contributed by atoms with E-state index < -0.39 is 0 Å². The number of carbonyl (C=O) groups is 1. The summed E-state index contributed by atoms with van der Waals surface area (Å²) in [5.41, 5.74) is 0.565. The predicted molar refractivity (Wildman–Crippen MR) is 99.4 cm³/mol. The first kappa shape index (κ1) is 17.6. The third-order valence-corrected chi connectivity index (χ3v) is 5.48. The molecule has 0 unspecified atom stereocenters. The lowest BCUT2D eigenvalue weighted by atomic mass is 10.3. The van der Waals surface area contributed by atoms with Crippen LogP contribution in [0.4, 0.5) is 10.1 Å². The van der Waals surface area contributed by atoms with Gasteiger partial charge in [0.2, 0.25) is 5.91 Å². The fourth-order valence-corrected chi connectivity index (χ4v) is 3.87. The summed E-state index contributed by atoms with van der Waals surface area (Å²) < 4.78 is 14.9. The number of nitrogens with one attached hydrogen (secondary N) is 1. The van der Waals surface area contributed by atoms with Crippen LogP contribution in [0.5, 0.6) is 0 Å². The number of halogens is 1. The highest BCUT2D eigenvalue weighted by Crippen LogP contribution is 2.29. The van der Waals surface area contributed by atoms with Gasteiger partial charge in [0, 0.05) is 12.2 Å². The van der Waals surface area contributed by atoms with Crippen molar-refractivity contribution in [3.63, 3.8) is 0 Å². The number of nitrogens with zero attached hydrogens (tertiary/aromatic N) is 3. The Morgan fingerprint density at radius 2 is 2.08 bits per heavy atom. The topological polar surface area (TPSA) is 59.8 Å². The van der Waals surface area contributed by atoms with Gasteiger partial charge >= 0.3 is 0 Å². The van der Waals surface area contributed by atoms with Gasteiger partial charge in [-0.25, -0.2) is 4.39 Å². The minimum atomic E-state index is -0.365. The molecule has 0 radical (unpaired) electrons. The SMILES string of the molecule is CCn1c(S[C@H](C)C(=O)Nc2ccc(F)cc2)nnc1-c1cccs1. The molecule has 5 nitrogen and oxygen atoms in total. The highest BCUT2D eigenvalue weighted by atomic mass is 32.2. The normalized spacial score (nSPS) is 12.1. The lowest BCUT2D eigenvalue weighted by molar-refractivity contribution is -0.115. The molecule has 0 spiro atoms.